The molecule has 0 aliphatic heterocycles. The first kappa shape index (κ1) is 18.8. The van der Waals surface area contributed by atoms with E-state index in [4.69, 9.17) is 4.74 Å². The lowest BCUT2D eigenvalue weighted by Crippen LogP contribution is -2.15. The quantitative estimate of drug-likeness (QED) is 0.520. The van der Waals surface area contributed by atoms with Gasteiger partial charge in [-0.15, -0.1) is 11.3 Å². The first-order valence-electron chi connectivity index (χ1n) is 8.77. The van der Waals surface area contributed by atoms with Crippen molar-refractivity contribution in [3.05, 3.63) is 77.1 Å². The SMILES string of the molecule is COc1ccc(-c2csc(-n3nc(C)cc3NC(=O)c3cccc(F)c3)n2)cc1. The van der Waals surface area contributed by atoms with Crippen LogP contribution >= 0.6 is 11.3 Å². The van der Waals surface area contributed by atoms with Gasteiger partial charge in [-0.25, -0.2) is 9.37 Å². The van der Waals surface area contributed by atoms with Crippen molar-refractivity contribution in [2.45, 2.75) is 6.92 Å². The third-order valence-corrected chi connectivity index (χ3v) is 5.04. The van der Waals surface area contributed by atoms with Gasteiger partial charge in [0.25, 0.3) is 5.91 Å². The molecule has 4 aromatic rings. The van der Waals surface area contributed by atoms with Crippen LogP contribution in [0.4, 0.5) is 10.2 Å². The Balaban J connectivity index is 1.61. The number of amides is 1. The smallest absolute Gasteiger partial charge is 0.256 e. The van der Waals surface area contributed by atoms with E-state index in [0.29, 0.717) is 10.9 Å². The van der Waals surface area contributed by atoms with Gasteiger partial charge in [0.05, 0.1) is 18.5 Å². The van der Waals surface area contributed by atoms with Gasteiger partial charge in [-0.1, -0.05) is 6.07 Å². The van der Waals surface area contributed by atoms with Crippen LogP contribution in [0.3, 0.4) is 0 Å². The summed E-state index contributed by atoms with van der Waals surface area (Å²) in [4.78, 5) is 17.1. The van der Waals surface area contributed by atoms with Gasteiger partial charge in [-0.2, -0.15) is 9.78 Å². The number of hydrogen-bond donors (Lipinski definition) is 1. The van der Waals surface area contributed by atoms with Crippen molar-refractivity contribution >= 4 is 23.1 Å². The number of carbonyl (C=O) groups is 1. The summed E-state index contributed by atoms with van der Waals surface area (Å²) < 4.78 is 20.2. The summed E-state index contributed by atoms with van der Waals surface area (Å²) in [6, 6.07) is 14.9. The van der Waals surface area contributed by atoms with E-state index in [1.807, 2.05) is 36.6 Å². The number of nitrogens with zero attached hydrogens (tertiary/aromatic N) is 3. The first-order valence-corrected chi connectivity index (χ1v) is 9.65. The van der Waals surface area contributed by atoms with Crippen LogP contribution in [0.5, 0.6) is 5.75 Å². The van der Waals surface area contributed by atoms with Gasteiger partial charge in [0, 0.05) is 22.6 Å². The molecule has 0 aliphatic carbocycles. The normalized spacial score (nSPS) is 10.7. The minimum absolute atomic E-state index is 0.230. The molecular formula is C21H17FN4O2S. The number of benzene rings is 2. The number of aryl methyl sites for hydroxylation is 1. The minimum Gasteiger partial charge on any atom is -0.497 e. The van der Waals surface area contributed by atoms with Crippen molar-refractivity contribution in [1.29, 1.82) is 0 Å². The Hall–Kier alpha value is -3.52. The molecule has 0 atom stereocenters. The van der Waals surface area contributed by atoms with E-state index in [-0.39, 0.29) is 5.56 Å². The second-order valence-corrected chi connectivity index (χ2v) is 7.13. The van der Waals surface area contributed by atoms with Crippen LogP contribution in [0, 0.1) is 12.7 Å². The van der Waals surface area contributed by atoms with Crippen LogP contribution in [-0.2, 0) is 0 Å². The number of rotatable bonds is 5. The lowest BCUT2D eigenvalue weighted by molar-refractivity contribution is 0.102. The predicted octanol–water partition coefficient (Wildman–Crippen LogP) is 4.70. The molecule has 0 bridgehead atoms. The van der Waals surface area contributed by atoms with E-state index in [1.165, 1.54) is 29.5 Å². The van der Waals surface area contributed by atoms with Crippen molar-refractivity contribution < 1.29 is 13.9 Å². The highest BCUT2D eigenvalue weighted by Gasteiger charge is 2.15. The van der Waals surface area contributed by atoms with Gasteiger partial charge >= 0.3 is 0 Å². The molecule has 0 aliphatic rings. The fraction of sp³-hybridized carbons (Fsp3) is 0.0952. The van der Waals surface area contributed by atoms with Crippen LogP contribution < -0.4 is 10.1 Å². The summed E-state index contributed by atoms with van der Waals surface area (Å²) in [5, 5.41) is 9.75. The number of hydrogen-bond acceptors (Lipinski definition) is 5. The zero-order valence-corrected chi connectivity index (χ0v) is 16.5. The topological polar surface area (TPSA) is 69.0 Å². The monoisotopic (exact) mass is 408 g/mol. The summed E-state index contributed by atoms with van der Waals surface area (Å²) in [5.41, 5.74) is 2.69. The standard InChI is InChI=1S/C21H17FN4O2S/c1-13-10-19(24-20(27)15-4-3-5-16(22)11-15)26(25-13)21-23-18(12-29-21)14-6-8-17(28-2)9-7-14/h3-12H,1-2H3,(H,24,27). The highest BCUT2D eigenvalue weighted by Crippen LogP contribution is 2.27. The molecule has 1 N–H and O–H groups in total. The number of nitrogens with one attached hydrogen (secondary N) is 1. The van der Waals surface area contributed by atoms with Crippen molar-refractivity contribution in [2.24, 2.45) is 0 Å². The lowest BCUT2D eigenvalue weighted by Gasteiger charge is -2.06. The van der Waals surface area contributed by atoms with Crippen molar-refractivity contribution in [3.63, 3.8) is 0 Å². The molecule has 2 aromatic heterocycles. The molecule has 0 fully saturated rings. The van der Waals surface area contributed by atoms with Crippen molar-refractivity contribution in [2.75, 3.05) is 12.4 Å². The minimum atomic E-state index is -0.466. The maximum absolute atomic E-state index is 13.4. The average molecular weight is 408 g/mol. The van der Waals surface area contributed by atoms with E-state index in [0.717, 1.165) is 22.7 Å². The molecule has 0 radical (unpaired) electrons. The van der Waals surface area contributed by atoms with E-state index >= 15 is 0 Å². The highest BCUT2D eigenvalue weighted by molar-refractivity contribution is 7.12. The number of methoxy groups -OCH3 is 1. The largest absolute Gasteiger partial charge is 0.497 e. The fourth-order valence-corrected chi connectivity index (χ4v) is 3.60. The average Bonchev–Trinajstić information content (AvgIpc) is 3.34. The predicted molar refractivity (Wildman–Crippen MR) is 110 cm³/mol. The van der Waals surface area contributed by atoms with Crippen LogP contribution in [0.2, 0.25) is 0 Å². The Morgan fingerprint density at radius 3 is 2.69 bits per heavy atom. The molecule has 2 aromatic carbocycles. The maximum atomic E-state index is 13.4. The molecule has 4 rings (SSSR count). The Morgan fingerprint density at radius 1 is 1.17 bits per heavy atom. The van der Waals surface area contributed by atoms with Gasteiger partial charge in [-0.3, -0.25) is 4.79 Å². The number of halogens is 1. The molecule has 0 saturated carbocycles. The Kier molecular flexibility index (Phi) is 5.09. The molecular weight excluding hydrogens is 391 g/mol. The van der Waals surface area contributed by atoms with Crippen LogP contribution in [0.25, 0.3) is 16.4 Å². The fourth-order valence-electron chi connectivity index (χ4n) is 2.81. The number of anilines is 1. The summed E-state index contributed by atoms with van der Waals surface area (Å²) in [5.74, 6) is 0.352. The van der Waals surface area contributed by atoms with Gasteiger partial charge in [0.1, 0.15) is 17.4 Å². The molecule has 1 amide bonds. The van der Waals surface area contributed by atoms with E-state index in [9.17, 15) is 9.18 Å². The molecule has 29 heavy (non-hydrogen) atoms. The van der Waals surface area contributed by atoms with Gasteiger partial charge in [-0.05, 0) is 49.4 Å². The summed E-state index contributed by atoms with van der Waals surface area (Å²) in [6.45, 7) is 1.83. The maximum Gasteiger partial charge on any atom is 0.256 e. The Labute approximate surface area is 170 Å². The van der Waals surface area contributed by atoms with Crippen LogP contribution in [-0.4, -0.2) is 27.8 Å². The van der Waals surface area contributed by atoms with E-state index < -0.39 is 11.7 Å². The van der Waals surface area contributed by atoms with E-state index in [1.54, 1.807) is 23.9 Å². The molecule has 2 heterocycles. The zero-order chi connectivity index (χ0) is 20.4. The Morgan fingerprint density at radius 2 is 1.97 bits per heavy atom. The Bertz CT molecular complexity index is 1170. The van der Waals surface area contributed by atoms with Crippen LogP contribution in [0.1, 0.15) is 16.1 Å². The lowest BCUT2D eigenvalue weighted by atomic mass is 10.2. The molecule has 8 heteroatoms. The number of carbonyl (C=O) groups excluding carboxylic acids is 1. The number of aromatic nitrogens is 3. The van der Waals surface area contributed by atoms with Crippen molar-refractivity contribution in [3.8, 4) is 22.1 Å². The molecule has 6 nitrogen and oxygen atoms in total. The van der Waals surface area contributed by atoms with E-state index in [2.05, 4.69) is 15.4 Å². The highest BCUT2D eigenvalue weighted by atomic mass is 32.1. The second-order valence-electron chi connectivity index (χ2n) is 6.29. The van der Waals surface area contributed by atoms with Gasteiger partial charge in [0.15, 0.2) is 0 Å². The second kappa shape index (κ2) is 7.84. The summed E-state index contributed by atoms with van der Waals surface area (Å²) >= 11 is 1.41. The molecule has 0 saturated heterocycles. The number of ether oxygens (including phenoxy) is 1. The molecule has 0 spiro atoms. The van der Waals surface area contributed by atoms with Crippen LogP contribution in [0.15, 0.2) is 60.0 Å². The van der Waals surface area contributed by atoms with Crippen molar-refractivity contribution in [1.82, 2.24) is 14.8 Å². The summed E-state index contributed by atoms with van der Waals surface area (Å²) in [6.07, 6.45) is 0. The van der Waals surface area contributed by atoms with Gasteiger partial charge < -0.3 is 10.1 Å². The van der Waals surface area contributed by atoms with Gasteiger partial charge in [0.2, 0.25) is 5.13 Å². The summed E-state index contributed by atoms with van der Waals surface area (Å²) in [7, 11) is 1.62. The molecule has 146 valence electrons. The zero-order valence-electron chi connectivity index (χ0n) is 15.7. The third-order valence-electron chi connectivity index (χ3n) is 4.22. The number of thiazole rings is 1. The molecule has 0 unspecified atom stereocenters. The third kappa shape index (κ3) is 4.02. The first-order chi connectivity index (χ1) is 14.0.